The molecule has 2 rings (SSSR count). The molecule has 0 saturated carbocycles. The fraction of sp³-hybridized carbons (Fsp3) is 0.333. The highest BCUT2D eigenvalue weighted by Gasteiger charge is 2.60. The predicted octanol–water partition coefficient (Wildman–Crippen LogP) is 5.07. The van der Waals surface area contributed by atoms with E-state index in [0.717, 1.165) is 0 Å². The number of alkyl halides is 12. The third-order valence-corrected chi connectivity index (χ3v) is 3.23. The van der Waals surface area contributed by atoms with E-state index in [4.69, 9.17) is 0 Å². The molecule has 150 valence electrons. The minimum atomic E-state index is -6.63. The molecule has 15 heteroatoms. The van der Waals surface area contributed by atoms with Crippen LogP contribution in [0.4, 0.5) is 52.7 Å². The number of carbonyl (C=O) groups is 2. The first-order valence-electron chi connectivity index (χ1n) is 6.08. The zero-order valence-electron chi connectivity index (χ0n) is 11.8. The van der Waals surface area contributed by atoms with Crippen molar-refractivity contribution in [2.75, 3.05) is 0 Å². The van der Waals surface area contributed by atoms with Gasteiger partial charge in [0.1, 0.15) is 0 Å². The third-order valence-electron chi connectivity index (χ3n) is 3.23. The van der Waals surface area contributed by atoms with Gasteiger partial charge in [-0.2, -0.15) is 52.7 Å². The van der Waals surface area contributed by atoms with Crippen LogP contribution >= 0.6 is 0 Å². The zero-order valence-corrected chi connectivity index (χ0v) is 11.8. The number of carbonyl (C=O) groups excluding carboxylic acids is 2. The second-order valence-electron chi connectivity index (χ2n) is 4.92. The second kappa shape index (κ2) is 5.51. The van der Waals surface area contributed by atoms with Gasteiger partial charge in [0.15, 0.2) is 0 Å². The van der Waals surface area contributed by atoms with Gasteiger partial charge in [0.2, 0.25) is 0 Å². The summed E-state index contributed by atoms with van der Waals surface area (Å²) in [6, 6.07) is 0. The van der Waals surface area contributed by atoms with Crippen LogP contribution in [0.1, 0.15) is 43.0 Å². The predicted molar refractivity (Wildman–Crippen MR) is 56.2 cm³/mol. The number of benzene rings is 1. The van der Waals surface area contributed by atoms with Crippen LogP contribution in [0.2, 0.25) is 0 Å². The van der Waals surface area contributed by atoms with Gasteiger partial charge >= 0.3 is 36.6 Å². The molecule has 0 unspecified atom stereocenters. The van der Waals surface area contributed by atoms with Crippen LogP contribution in [0.15, 0.2) is 0 Å². The first-order chi connectivity index (χ1) is 11.8. The molecule has 0 bridgehead atoms. The summed E-state index contributed by atoms with van der Waals surface area (Å²) < 4.78 is 160. The van der Waals surface area contributed by atoms with Crippen molar-refractivity contribution in [2.45, 2.75) is 24.7 Å². The summed E-state index contributed by atoms with van der Waals surface area (Å²) in [5, 5.41) is 0. The maximum absolute atomic E-state index is 13.1. The van der Waals surface area contributed by atoms with Gasteiger partial charge in [-0.15, -0.1) is 0 Å². The normalized spacial score (nSPS) is 15.9. The van der Waals surface area contributed by atoms with Crippen molar-refractivity contribution in [3.05, 3.63) is 33.4 Å². The van der Waals surface area contributed by atoms with Gasteiger partial charge in [-0.25, -0.2) is 9.59 Å². The average molecular weight is 420 g/mol. The Morgan fingerprint density at radius 3 is 0.852 bits per heavy atom. The smallest absolute Gasteiger partial charge is 0.386 e. The molecule has 0 spiro atoms. The number of esters is 2. The maximum atomic E-state index is 13.1. The number of fused-ring (bicyclic) bond motifs is 1. The molecule has 27 heavy (non-hydrogen) atoms. The fourth-order valence-electron chi connectivity index (χ4n) is 2.48. The molecule has 1 heterocycles. The Hall–Kier alpha value is -2.48. The maximum Gasteiger partial charge on any atom is 0.417 e. The molecule has 1 aliphatic rings. The first kappa shape index (κ1) is 20.8. The molecule has 0 aromatic heterocycles. The van der Waals surface area contributed by atoms with Crippen molar-refractivity contribution >= 4 is 11.9 Å². The van der Waals surface area contributed by atoms with E-state index in [0.29, 0.717) is 0 Å². The second-order valence-corrected chi connectivity index (χ2v) is 4.92. The topological polar surface area (TPSA) is 43.4 Å². The number of cyclic esters (lactones) is 2. The van der Waals surface area contributed by atoms with Crippen molar-refractivity contribution in [3.63, 3.8) is 0 Å². The van der Waals surface area contributed by atoms with Crippen molar-refractivity contribution in [2.24, 2.45) is 0 Å². The van der Waals surface area contributed by atoms with E-state index in [1.165, 1.54) is 0 Å². The van der Waals surface area contributed by atoms with E-state index in [2.05, 4.69) is 4.74 Å². The van der Waals surface area contributed by atoms with Gasteiger partial charge in [0.25, 0.3) is 0 Å². The van der Waals surface area contributed by atoms with E-state index < -0.39 is 70.0 Å². The summed E-state index contributed by atoms with van der Waals surface area (Å²) in [7, 11) is 0. The molecular formula is C12F12O3. The molecule has 0 fully saturated rings. The molecule has 0 radical (unpaired) electrons. The fourth-order valence-corrected chi connectivity index (χ4v) is 2.48. The SMILES string of the molecule is O=C1OC(=O)c2c1c(C(F)(F)F)c(C(F)(F)F)c(C(F)(F)F)c2C(F)(F)F. The molecule has 1 aliphatic heterocycles. The highest BCUT2D eigenvalue weighted by Crippen LogP contribution is 2.54. The summed E-state index contributed by atoms with van der Waals surface area (Å²) >= 11 is 0. The molecule has 0 aliphatic carbocycles. The monoisotopic (exact) mass is 420 g/mol. The van der Waals surface area contributed by atoms with Crippen molar-refractivity contribution in [1.82, 2.24) is 0 Å². The van der Waals surface area contributed by atoms with E-state index in [-0.39, 0.29) is 0 Å². The Bertz CT molecular complexity index is 769. The first-order valence-corrected chi connectivity index (χ1v) is 6.08. The zero-order chi connectivity index (χ0) is 21.3. The van der Waals surface area contributed by atoms with Gasteiger partial charge in [-0.05, 0) is 0 Å². The Labute approximate surface area is 138 Å². The van der Waals surface area contributed by atoms with Crippen LogP contribution in [0, 0.1) is 0 Å². The molecule has 0 amide bonds. The number of halogens is 12. The molecular weight excluding hydrogens is 420 g/mol. The average Bonchev–Trinajstić information content (AvgIpc) is 2.67. The van der Waals surface area contributed by atoms with E-state index in [1.807, 2.05) is 0 Å². The third kappa shape index (κ3) is 3.29. The summed E-state index contributed by atoms with van der Waals surface area (Å²) in [6.45, 7) is 0. The van der Waals surface area contributed by atoms with Crippen molar-refractivity contribution in [1.29, 1.82) is 0 Å². The highest BCUT2D eigenvalue weighted by atomic mass is 19.4. The summed E-state index contributed by atoms with van der Waals surface area (Å²) in [5.41, 5.74) is -19.5. The number of rotatable bonds is 0. The lowest BCUT2D eigenvalue weighted by Gasteiger charge is -2.26. The van der Waals surface area contributed by atoms with E-state index >= 15 is 0 Å². The largest absolute Gasteiger partial charge is 0.417 e. The van der Waals surface area contributed by atoms with Crippen LogP contribution in [0.3, 0.4) is 0 Å². The lowest BCUT2D eigenvalue weighted by molar-refractivity contribution is -0.182. The van der Waals surface area contributed by atoms with Crippen LogP contribution < -0.4 is 0 Å². The van der Waals surface area contributed by atoms with E-state index in [9.17, 15) is 62.3 Å². The summed E-state index contributed by atoms with van der Waals surface area (Å²) in [4.78, 5) is 22.6. The molecule has 0 atom stereocenters. The minimum absolute atomic E-state index is 2.58. The lowest BCUT2D eigenvalue weighted by atomic mass is 9.85. The minimum Gasteiger partial charge on any atom is -0.386 e. The molecule has 0 N–H and O–H groups in total. The standard InChI is InChI=1S/C12F12O3/c13-9(14,15)3-1-2(8(26)27-7(1)25)4(10(16,17)18)6(12(22,23)24)5(3)11(19,20)21. The van der Waals surface area contributed by atoms with Crippen LogP contribution in [0.25, 0.3) is 0 Å². The molecule has 1 aromatic carbocycles. The quantitative estimate of drug-likeness (QED) is 0.335. The van der Waals surface area contributed by atoms with Gasteiger partial charge in [0.05, 0.1) is 33.4 Å². The van der Waals surface area contributed by atoms with Crippen LogP contribution in [-0.4, -0.2) is 11.9 Å². The van der Waals surface area contributed by atoms with Crippen molar-refractivity contribution < 1.29 is 67.0 Å². The van der Waals surface area contributed by atoms with Crippen LogP contribution in [-0.2, 0) is 29.4 Å². The Morgan fingerprint density at radius 2 is 0.667 bits per heavy atom. The van der Waals surface area contributed by atoms with Crippen molar-refractivity contribution in [3.8, 4) is 0 Å². The Morgan fingerprint density at radius 1 is 0.444 bits per heavy atom. The van der Waals surface area contributed by atoms with Crippen LogP contribution in [0.5, 0.6) is 0 Å². The Kier molecular flexibility index (Phi) is 4.25. The van der Waals surface area contributed by atoms with E-state index in [1.54, 1.807) is 0 Å². The highest BCUT2D eigenvalue weighted by molar-refractivity contribution is 6.17. The molecule has 3 nitrogen and oxygen atoms in total. The van der Waals surface area contributed by atoms with Gasteiger partial charge < -0.3 is 4.74 Å². The van der Waals surface area contributed by atoms with Gasteiger partial charge in [0, 0.05) is 0 Å². The summed E-state index contributed by atoms with van der Waals surface area (Å²) in [6.07, 6.45) is -26.0. The van der Waals surface area contributed by atoms with Gasteiger partial charge in [-0.3, -0.25) is 0 Å². The number of ether oxygens (including phenoxy) is 1. The van der Waals surface area contributed by atoms with Gasteiger partial charge in [-0.1, -0.05) is 0 Å². The number of hydrogen-bond acceptors (Lipinski definition) is 3. The molecule has 0 saturated heterocycles. The lowest BCUT2D eigenvalue weighted by Crippen LogP contribution is -2.30. The Balaban J connectivity index is 3.35. The number of hydrogen-bond donors (Lipinski definition) is 0. The molecule has 1 aromatic rings. The summed E-state index contributed by atoms with van der Waals surface area (Å²) in [5.74, 6) is -5.18.